The Labute approximate surface area is 145 Å². The number of nitrogens with one attached hydrogen (secondary N) is 1. The summed E-state index contributed by atoms with van der Waals surface area (Å²) in [6.45, 7) is 2.67. The Morgan fingerprint density at radius 1 is 1.08 bits per heavy atom. The maximum absolute atomic E-state index is 12.8. The third kappa shape index (κ3) is 3.16. The van der Waals surface area contributed by atoms with Gasteiger partial charge in [-0.3, -0.25) is 19.4 Å². The quantitative estimate of drug-likeness (QED) is 0.878. The number of hydrogen-bond donors (Lipinski definition) is 1. The molecule has 0 spiro atoms. The van der Waals surface area contributed by atoms with Gasteiger partial charge in [-0.25, -0.2) is 0 Å². The molecule has 1 fully saturated rings. The zero-order chi connectivity index (χ0) is 17.2. The van der Waals surface area contributed by atoms with Crippen molar-refractivity contribution >= 4 is 11.8 Å². The van der Waals surface area contributed by atoms with Gasteiger partial charge in [0, 0.05) is 49.8 Å². The molecule has 0 saturated carbocycles. The van der Waals surface area contributed by atoms with E-state index >= 15 is 0 Å². The molecule has 132 valence electrons. The number of fused-ring (bicyclic) bond motifs is 1. The SMILES string of the molecule is O=C(Cn1cccn1)N1CCCN(C(=O)c2n[nH]c3c2CCC3)CC1. The van der Waals surface area contributed by atoms with Crippen molar-refractivity contribution in [1.82, 2.24) is 29.8 Å². The van der Waals surface area contributed by atoms with Gasteiger partial charge in [0.15, 0.2) is 5.69 Å². The van der Waals surface area contributed by atoms with Crippen LogP contribution in [0.25, 0.3) is 0 Å². The van der Waals surface area contributed by atoms with Crippen LogP contribution in [0.5, 0.6) is 0 Å². The predicted molar refractivity (Wildman–Crippen MR) is 89.9 cm³/mol. The summed E-state index contributed by atoms with van der Waals surface area (Å²) < 4.78 is 1.63. The van der Waals surface area contributed by atoms with Crippen molar-refractivity contribution in [3.63, 3.8) is 0 Å². The van der Waals surface area contributed by atoms with Crippen LogP contribution in [0.3, 0.4) is 0 Å². The Bertz CT molecular complexity index is 766. The Hall–Kier alpha value is -2.64. The number of hydrogen-bond acceptors (Lipinski definition) is 4. The number of carbonyl (C=O) groups excluding carboxylic acids is 2. The van der Waals surface area contributed by atoms with Crippen LogP contribution in [0.1, 0.15) is 34.6 Å². The van der Waals surface area contributed by atoms with Crippen LogP contribution in [0.4, 0.5) is 0 Å². The van der Waals surface area contributed by atoms with E-state index < -0.39 is 0 Å². The van der Waals surface area contributed by atoms with Crippen LogP contribution in [-0.2, 0) is 24.2 Å². The van der Waals surface area contributed by atoms with Gasteiger partial charge in [-0.05, 0) is 31.7 Å². The molecule has 1 saturated heterocycles. The molecule has 8 heteroatoms. The maximum Gasteiger partial charge on any atom is 0.274 e. The molecule has 0 unspecified atom stereocenters. The summed E-state index contributed by atoms with van der Waals surface area (Å²) in [6.07, 6.45) is 7.21. The Kier molecular flexibility index (Phi) is 4.25. The van der Waals surface area contributed by atoms with E-state index in [-0.39, 0.29) is 18.4 Å². The monoisotopic (exact) mass is 342 g/mol. The molecule has 0 bridgehead atoms. The van der Waals surface area contributed by atoms with Crippen molar-refractivity contribution in [2.24, 2.45) is 0 Å². The van der Waals surface area contributed by atoms with Crippen LogP contribution in [0, 0.1) is 0 Å². The molecular weight excluding hydrogens is 320 g/mol. The smallest absolute Gasteiger partial charge is 0.274 e. The van der Waals surface area contributed by atoms with Gasteiger partial charge < -0.3 is 9.80 Å². The largest absolute Gasteiger partial charge is 0.339 e. The van der Waals surface area contributed by atoms with E-state index in [2.05, 4.69) is 15.3 Å². The Balaban J connectivity index is 1.39. The highest BCUT2D eigenvalue weighted by molar-refractivity contribution is 5.94. The fraction of sp³-hybridized carbons (Fsp3) is 0.529. The van der Waals surface area contributed by atoms with Crippen LogP contribution < -0.4 is 0 Å². The lowest BCUT2D eigenvalue weighted by molar-refractivity contribution is -0.131. The normalized spacial score (nSPS) is 17.4. The lowest BCUT2D eigenvalue weighted by Crippen LogP contribution is -2.39. The van der Waals surface area contributed by atoms with Crippen LogP contribution >= 0.6 is 0 Å². The molecule has 2 aromatic heterocycles. The van der Waals surface area contributed by atoms with E-state index in [1.54, 1.807) is 23.1 Å². The van der Waals surface area contributed by atoms with Gasteiger partial charge in [0.25, 0.3) is 5.91 Å². The van der Waals surface area contributed by atoms with Crippen molar-refractivity contribution in [1.29, 1.82) is 0 Å². The first-order valence-corrected chi connectivity index (χ1v) is 8.83. The topological polar surface area (TPSA) is 87.1 Å². The summed E-state index contributed by atoms with van der Waals surface area (Å²) >= 11 is 0. The predicted octanol–water partition coefficient (Wildman–Crippen LogP) is 0.470. The van der Waals surface area contributed by atoms with Gasteiger partial charge in [0.2, 0.25) is 5.91 Å². The summed E-state index contributed by atoms with van der Waals surface area (Å²) in [7, 11) is 0. The molecule has 2 aromatic rings. The highest BCUT2D eigenvalue weighted by Crippen LogP contribution is 2.24. The molecule has 1 aliphatic carbocycles. The summed E-state index contributed by atoms with van der Waals surface area (Å²) in [5.74, 6) is 0.0273. The van der Waals surface area contributed by atoms with Crippen molar-refractivity contribution in [2.75, 3.05) is 26.2 Å². The second kappa shape index (κ2) is 6.70. The van der Waals surface area contributed by atoms with Gasteiger partial charge in [-0.2, -0.15) is 10.2 Å². The third-order valence-corrected chi connectivity index (χ3v) is 5.00. The standard InChI is InChI=1S/C17H22N6O2/c24-15(12-23-9-2-6-18-23)21-7-3-8-22(11-10-21)17(25)16-13-4-1-5-14(13)19-20-16/h2,6,9H,1,3-5,7-8,10-12H2,(H,19,20). The number of aromatic nitrogens is 4. The first kappa shape index (κ1) is 15.9. The van der Waals surface area contributed by atoms with Crippen LogP contribution in [0.2, 0.25) is 0 Å². The lowest BCUT2D eigenvalue weighted by atomic mass is 10.2. The minimum absolute atomic E-state index is 0.0132. The minimum Gasteiger partial charge on any atom is -0.339 e. The maximum atomic E-state index is 12.8. The fourth-order valence-electron chi connectivity index (χ4n) is 3.65. The molecule has 3 heterocycles. The average Bonchev–Trinajstić information content (AvgIpc) is 3.30. The summed E-state index contributed by atoms with van der Waals surface area (Å²) in [5, 5.41) is 11.3. The number of H-pyrrole nitrogens is 1. The minimum atomic E-state index is -0.0132. The fourth-order valence-corrected chi connectivity index (χ4v) is 3.65. The molecule has 0 aromatic carbocycles. The molecule has 2 aliphatic rings. The number of rotatable bonds is 3. The molecule has 8 nitrogen and oxygen atoms in total. The van der Waals surface area contributed by atoms with Gasteiger partial charge in [-0.1, -0.05) is 0 Å². The van der Waals surface area contributed by atoms with E-state index in [0.717, 1.165) is 36.9 Å². The van der Waals surface area contributed by atoms with E-state index in [0.29, 0.717) is 31.9 Å². The highest BCUT2D eigenvalue weighted by Gasteiger charge is 2.28. The first-order chi connectivity index (χ1) is 12.2. The number of aromatic amines is 1. The van der Waals surface area contributed by atoms with Gasteiger partial charge in [-0.15, -0.1) is 0 Å². The zero-order valence-corrected chi connectivity index (χ0v) is 14.1. The second-order valence-electron chi connectivity index (χ2n) is 6.61. The number of carbonyl (C=O) groups is 2. The Morgan fingerprint density at radius 3 is 2.76 bits per heavy atom. The lowest BCUT2D eigenvalue weighted by Gasteiger charge is -2.22. The van der Waals surface area contributed by atoms with E-state index in [1.165, 1.54) is 0 Å². The summed E-state index contributed by atoms with van der Waals surface area (Å²) in [5.41, 5.74) is 2.76. The second-order valence-corrected chi connectivity index (χ2v) is 6.61. The van der Waals surface area contributed by atoms with E-state index in [9.17, 15) is 9.59 Å². The zero-order valence-electron chi connectivity index (χ0n) is 14.1. The van der Waals surface area contributed by atoms with Crippen LogP contribution in [0.15, 0.2) is 18.5 Å². The number of aryl methyl sites for hydroxylation is 1. The molecular formula is C17H22N6O2. The molecule has 2 amide bonds. The molecule has 1 aliphatic heterocycles. The van der Waals surface area contributed by atoms with E-state index in [1.807, 2.05) is 9.80 Å². The highest BCUT2D eigenvalue weighted by atomic mass is 16.2. The van der Waals surface area contributed by atoms with Gasteiger partial charge in [0.05, 0.1) is 0 Å². The summed E-state index contributed by atoms with van der Waals surface area (Å²) in [4.78, 5) is 28.9. The molecule has 4 rings (SSSR count). The van der Waals surface area contributed by atoms with Crippen molar-refractivity contribution in [3.05, 3.63) is 35.4 Å². The van der Waals surface area contributed by atoms with Crippen LogP contribution in [-0.4, -0.2) is 67.8 Å². The molecule has 0 atom stereocenters. The molecule has 0 radical (unpaired) electrons. The summed E-state index contributed by atoms with van der Waals surface area (Å²) in [6, 6.07) is 1.80. The molecule has 25 heavy (non-hydrogen) atoms. The molecule has 1 N–H and O–H groups in total. The van der Waals surface area contributed by atoms with Gasteiger partial charge >= 0.3 is 0 Å². The van der Waals surface area contributed by atoms with E-state index in [4.69, 9.17) is 0 Å². The van der Waals surface area contributed by atoms with Crippen molar-refractivity contribution in [3.8, 4) is 0 Å². The Morgan fingerprint density at radius 2 is 1.92 bits per heavy atom. The number of amides is 2. The number of nitrogens with zero attached hydrogens (tertiary/aromatic N) is 5. The first-order valence-electron chi connectivity index (χ1n) is 8.83. The van der Waals surface area contributed by atoms with Crippen molar-refractivity contribution < 1.29 is 9.59 Å². The van der Waals surface area contributed by atoms with Crippen molar-refractivity contribution in [2.45, 2.75) is 32.2 Å². The third-order valence-electron chi connectivity index (χ3n) is 5.00. The van der Waals surface area contributed by atoms with Gasteiger partial charge in [0.1, 0.15) is 6.54 Å². The average molecular weight is 342 g/mol.